The van der Waals surface area contributed by atoms with Crippen molar-refractivity contribution in [1.29, 1.82) is 0 Å². The third-order valence-corrected chi connectivity index (χ3v) is 5.98. The van der Waals surface area contributed by atoms with E-state index in [1.807, 2.05) is 16.7 Å². The van der Waals surface area contributed by atoms with E-state index >= 15 is 0 Å². The smallest absolute Gasteiger partial charge is 0.273 e. The number of fused-ring (bicyclic) bond motifs is 1. The minimum atomic E-state index is -0.0473. The Labute approximate surface area is 174 Å². The lowest BCUT2D eigenvalue weighted by atomic mass is 10.2. The van der Waals surface area contributed by atoms with E-state index < -0.39 is 0 Å². The Hall–Kier alpha value is -3.00. The van der Waals surface area contributed by atoms with Crippen LogP contribution in [-0.4, -0.2) is 45.8 Å². The van der Waals surface area contributed by atoms with Gasteiger partial charge in [-0.15, -0.1) is 0 Å². The van der Waals surface area contributed by atoms with E-state index in [2.05, 4.69) is 37.3 Å². The summed E-state index contributed by atoms with van der Waals surface area (Å²) in [5.41, 5.74) is 3.80. The third kappa shape index (κ3) is 3.63. The summed E-state index contributed by atoms with van der Waals surface area (Å²) >= 11 is 0. The van der Waals surface area contributed by atoms with Crippen molar-refractivity contribution in [2.24, 2.45) is 0 Å². The zero-order valence-electron chi connectivity index (χ0n) is 17.2. The Morgan fingerprint density at radius 3 is 2.53 bits per heavy atom. The molecule has 0 bridgehead atoms. The fraction of sp³-hybridized carbons (Fsp3) is 0.455. The van der Waals surface area contributed by atoms with Gasteiger partial charge >= 0.3 is 0 Å². The van der Waals surface area contributed by atoms with Crippen molar-refractivity contribution >= 4 is 28.5 Å². The molecule has 3 heterocycles. The van der Waals surface area contributed by atoms with Crippen LogP contribution in [0, 0.1) is 6.92 Å². The molecule has 30 heavy (non-hydrogen) atoms. The van der Waals surface area contributed by atoms with Gasteiger partial charge in [0.1, 0.15) is 11.2 Å². The Morgan fingerprint density at radius 1 is 1.07 bits per heavy atom. The van der Waals surface area contributed by atoms with Crippen LogP contribution < -0.4 is 15.8 Å². The molecule has 2 fully saturated rings. The zero-order chi connectivity index (χ0) is 20.5. The number of ether oxygens (including phenoxy) is 1. The molecular formula is C22H26N6O2. The van der Waals surface area contributed by atoms with E-state index in [1.54, 1.807) is 13.1 Å². The van der Waals surface area contributed by atoms with Crippen molar-refractivity contribution in [2.75, 3.05) is 36.5 Å². The number of aromatic nitrogens is 4. The second-order valence-electron chi connectivity index (χ2n) is 7.98. The minimum absolute atomic E-state index is 0.0473. The van der Waals surface area contributed by atoms with Gasteiger partial charge in [-0.1, -0.05) is 12.8 Å². The second kappa shape index (κ2) is 8.02. The SMILES string of the molecule is Cc1nc2cnc(Nc3ccc(N4CCOCC4)cc3)nc2n(C2CCCC2)c1=O. The lowest BCUT2D eigenvalue weighted by molar-refractivity contribution is 0.122. The van der Waals surface area contributed by atoms with E-state index in [0.29, 0.717) is 22.8 Å². The summed E-state index contributed by atoms with van der Waals surface area (Å²) in [6.07, 6.45) is 6.00. The van der Waals surface area contributed by atoms with Crippen molar-refractivity contribution in [3.63, 3.8) is 0 Å². The molecule has 8 heteroatoms. The topological polar surface area (TPSA) is 85.2 Å². The molecule has 156 valence electrons. The average molecular weight is 406 g/mol. The molecule has 1 saturated carbocycles. The molecule has 3 aromatic rings. The van der Waals surface area contributed by atoms with E-state index in [-0.39, 0.29) is 11.6 Å². The third-order valence-electron chi connectivity index (χ3n) is 5.98. The minimum Gasteiger partial charge on any atom is -0.378 e. The second-order valence-corrected chi connectivity index (χ2v) is 7.98. The number of aryl methyl sites for hydroxylation is 1. The molecule has 1 aliphatic heterocycles. The normalized spacial score (nSPS) is 17.6. The van der Waals surface area contributed by atoms with Gasteiger partial charge in [0, 0.05) is 30.5 Å². The van der Waals surface area contributed by atoms with Crippen LogP contribution in [0.2, 0.25) is 0 Å². The van der Waals surface area contributed by atoms with Crippen LogP contribution in [0.15, 0.2) is 35.3 Å². The fourth-order valence-electron chi connectivity index (χ4n) is 4.39. The Morgan fingerprint density at radius 2 is 1.80 bits per heavy atom. The van der Waals surface area contributed by atoms with Crippen molar-refractivity contribution in [3.05, 3.63) is 46.5 Å². The first-order valence-electron chi connectivity index (χ1n) is 10.6. The van der Waals surface area contributed by atoms with E-state index in [4.69, 9.17) is 4.74 Å². The van der Waals surface area contributed by atoms with Crippen molar-refractivity contribution < 1.29 is 4.74 Å². The van der Waals surface area contributed by atoms with Crippen molar-refractivity contribution in [3.8, 4) is 0 Å². The Bertz CT molecular complexity index is 1100. The molecule has 0 atom stereocenters. The summed E-state index contributed by atoms with van der Waals surface area (Å²) in [6.45, 7) is 5.11. The molecular weight excluding hydrogens is 380 g/mol. The predicted octanol–water partition coefficient (Wildman–Crippen LogP) is 3.19. The molecule has 1 aromatic carbocycles. The highest BCUT2D eigenvalue weighted by Gasteiger charge is 2.22. The van der Waals surface area contributed by atoms with Crippen LogP contribution >= 0.6 is 0 Å². The fourth-order valence-corrected chi connectivity index (χ4v) is 4.39. The van der Waals surface area contributed by atoms with Crippen LogP contribution in [0.3, 0.4) is 0 Å². The predicted molar refractivity (Wildman–Crippen MR) is 117 cm³/mol. The molecule has 8 nitrogen and oxygen atoms in total. The van der Waals surface area contributed by atoms with Gasteiger partial charge in [-0.2, -0.15) is 4.98 Å². The number of benzene rings is 1. The highest BCUT2D eigenvalue weighted by molar-refractivity contribution is 5.72. The number of nitrogens with one attached hydrogen (secondary N) is 1. The molecule has 0 unspecified atom stereocenters. The van der Waals surface area contributed by atoms with Gasteiger partial charge < -0.3 is 15.0 Å². The largest absolute Gasteiger partial charge is 0.378 e. The Kier molecular flexibility index (Phi) is 5.08. The summed E-state index contributed by atoms with van der Waals surface area (Å²) in [5.74, 6) is 0.471. The van der Waals surface area contributed by atoms with E-state index in [0.717, 1.165) is 57.7 Å². The van der Waals surface area contributed by atoms with Gasteiger partial charge in [-0.05, 0) is 44.0 Å². The van der Waals surface area contributed by atoms with Gasteiger partial charge in [0.2, 0.25) is 5.95 Å². The van der Waals surface area contributed by atoms with Gasteiger partial charge in [0.15, 0.2) is 5.65 Å². The van der Waals surface area contributed by atoms with Crippen LogP contribution in [0.4, 0.5) is 17.3 Å². The highest BCUT2D eigenvalue weighted by atomic mass is 16.5. The van der Waals surface area contributed by atoms with Crippen molar-refractivity contribution in [1.82, 2.24) is 19.5 Å². The summed E-state index contributed by atoms with van der Waals surface area (Å²) in [6, 6.07) is 8.42. The highest BCUT2D eigenvalue weighted by Crippen LogP contribution is 2.30. The maximum Gasteiger partial charge on any atom is 0.273 e. The van der Waals surface area contributed by atoms with Gasteiger partial charge in [-0.3, -0.25) is 9.36 Å². The molecule has 0 spiro atoms. The van der Waals surface area contributed by atoms with Crippen LogP contribution in [0.1, 0.15) is 37.4 Å². The summed E-state index contributed by atoms with van der Waals surface area (Å²) in [4.78, 5) is 28.7. The number of morpholine rings is 1. The van der Waals surface area contributed by atoms with Gasteiger partial charge in [-0.25, -0.2) is 9.97 Å². The summed E-state index contributed by atoms with van der Waals surface area (Å²) < 4.78 is 7.25. The summed E-state index contributed by atoms with van der Waals surface area (Å²) in [5, 5.41) is 3.27. The number of nitrogens with zero attached hydrogens (tertiary/aromatic N) is 5. The molecule has 0 radical (unpaired) electrons. The quantitative estimate of drug-likeness (QED) is 0.712. The number of hydrogen-bond acceptors (Lipinski definition) is 7. The molecule has 0 amide bonds. The monoisotopic (exact) mass is 406 g/mol. The molecule has 2 aliphatic rings. The Balaban J connectivity index is 1.44. The first-order valence-corrected chi connectivity index (χ1v) is 10.6. The molecule has 1 N–H and O–H groups in total. The maximum absolute atomic E-state index is 12.8. The van der Waals surface area contributed by atoms with Crippen LogP contribution in [0.5, 0.6) is 0 Å². The van der Waals surface area contributed by atoms with Crippen LogP contribution in [0.25, 0.3) is 11.2 Å². The number of anilines is 3. The van der Waals surface area contributed by atoms with E-state index in [9.17, 15) is 4.79 Å². The van der Waals surface area contributed by atoms with Crippen LogP contribution in [-0.2, 0) is 4.74 Å². The standard InChI is InChI=1S/C22H26N6O2/c1-15-21(29)28(18-4-2-3-5-18)20-19(24-15)14-23-22(26-20)25-16-6-8-17(9-7-16)27-10-12-30-13-11-27/h6-9,14,18H,2-5,10-13H2,1H3,(H,23,25,26). The lowest BCUT2D eigenvalue weighted by Gasteiger charge is -2.28. The maximum atomic E-state index is 12.8. The lowest BCUT2D eigenvalue weighted by Crippen LogP contribution is -2.36. The number of rotatable bonds is 4. The molecule has 2 aromatic heterocycles. The average Bonchev–Trinajstić information content (AvgIpc) is 3.30. The number of hydrogen-bond donors (Lipinski definition) is 1. The first-order chi connectivity index (χ1) is 14.7. The molecule has 5 rings (SSSR count). The first kappa shape index (κ1) is 19.0. The zero-order valence-corrected chi connectivity index (χ0v) is 17.2. The van der Waals surface area contributed by atoms with Gasteiger partial charge in [0.25, 0.3) is 5.56 Å². The summed E-state index contributed by atoms with van der Waals surface area (Å²) in [7, 11) is 0. The molecule has 1 aliphatic carbocycles. The van der Waals surface area contributed by atoms with Gasteiger partial charge in [0.05, 0.1) is 19.4 Å². The van der Waals surface area contributed by atoms with Crippen molar-refractivity contribution in [2.45, 2.75) is 38.6 Å². The molecule has 1 saturated heterocycles. The van der Waals surface area contributed by atoms with E-state index in [1.165, 1.54) is 5.69 Å².